The van der Waals surface area contributed by atoms with Crippen LogP contribution in [0.25, 0.3) is 0 Å². The summed E-state index contributed by atoms with van der Waals surface area (Å²) in [5.74, 6) is -2.28. The van der Waals surface area contributed by atoms with Crippen molar-refractivity contribution < 1.29 is 14.3 Å². The lowest BCUT2D eigenvalue weighted by Gasteiger charge is -2.11. The van der Waals surface area contributed by atoms with E-state index in [1.807, 2.05) is 4.98 Å². The van der Waals surface area contributed by atoms with Crippen molar-refractivity contribution in [1.82, 2.24) is 19.5 Å². The van der Waals surface area contributed by atoms with E-state index in [0.29, 0.717) is 6.42 Å². The molecule has 0 bridgehead atoms. The summed E-state index contributed by atoms with van der Waals surface area (Å²) in [5.41, 5.74) is 8.86. The quantitative estimate of drug-likeness (QED) is 0.433. The van der Waals surface area contributed by atoms with Crippen LogP contribution in [0.4, 0.5) is 11.6 Å². The second-order valence-corrected chi connectivity index (χ2v) is 4.96. The minimum absolute atomic E-state index is 0.159. The van der Waals surface area contributed by atoms with Gasteiger partial charge in [0.2, 0.25) is 5.78 Å². The largest absolute Gasteiger partial charge is 0.452 e. The number of nitrogens with one attached hydrogen (secondary N) is 1. The summed E-state index contributed by atoms with van der Waals surface area (Å²) in [6.07, 6.45) is 3.08. The smallest absolute Gasteiger partial charge is 0.361 e. The van der Waals surface area contributed by atoms with E-state index >= 15 is 0 Å². The van der Waals surface area contributed by atoms with Gasteiger partial charge in [0.15, 0.2) is 18.1 Å². The molecule has 0 aliphatic rings. The molecule has 0 spiro atoms. The first kappa shape index (κ1) is 17.8. The molecule has 11 heteroatoms. The molecule has 0 atom stereocenters. The van der Waals surface area contributed by atoms with Crippen molar-refractivity contribution in [3.8, 4) is 0 Å². The third-order valence-corrected chi connectivity index (χ3v) is 3.22. The second kappa shape index (κ2) is 7.38. The Hall–Kier alpha value is -3.50. The van der Waals surface area contributed by atoms with E-state index < -0.39 is 35.2 Å². The van der Waals surface area contributed by atoms with Gasteiger partial charge in [-0.05, 0) is 6.42 Å². The van der Waals surface area contributed by atoms with Crippen LogP contribution < -0.4 is 22.7 Å². The zero-order valence-corrected chi connectivity index (χ0v) is 13.3. The third-order valence-electron chi connectivity index (χ3n) is 3.22. The molecule has 25 heavy (non-hydrogen) atoms. The lowest BCUT2D eigenvalue weighted by Crippen LogP contribution is -2.37. The number of aromatic nitrogens is 4. The summed E-state index contributed by atoms with van der Waals surface area (Å²) in [7, 11) is 0. The van der Waals surface area contributed by atoms with Gasteiger partial charge >= 0.3 is 11.7 Å². The van der Waals surface area contributed by atoms with E-state index in [2.05, 4.69) is 9.97 Å². The van der Waals surface area contributed by atoms with E-state index in [-0.39, 0.29) is 23.9 Å². The highest BCUT2D eigenvalue weighted by atomic mass is 16.5. The van der Waals surface area contributed by atoms with Crippen molar-refractivity contribution >= 4 is 23.4 Å². The van der Waals surface area contributed by atoms with Gasteiger partial charge in [-0.3, -0.25) is 19.1 Å². The molecule has 2 heterocycles. The van der Waals surface area contributed by atoms with E-state index in [1.54, 1.807) is 6.92 Å². The van der Waals surface area contributed by atoms with Crippen molar-refractivity contribution in [1.29, 1.82) is 0 Å². The number of hydrogen-bond acceptors (Lipinski definition) is 9. The molecular formula is C14H16N6O5. The molecule has 0 unspecified atom stereocenters. The summed E-state index contributed by atoms with van der Waals surface area (Å²) >= 11 is 0. The third kappa shape index (κ3) is 3.71. The minimum Gasteiger partial charge on any atom is -0.452 e. The van der Waals surface area contributed by atoms with Crippen LogP contribution in [-0.4, -0.2) is 37.9 Å². The molecule has 2 aromatic rings. The fourth-order valence-electron chi connectivity index (χ4n) is 2.08. The molecule has 0 saturated carbocycles. The molecule has 0 aliphatic carbocycles. The van der Waals surface area contributed by atoms with Crippen molar-refractivity contribution in [3.05, 3.63) is 44.5 Å². The fourth-order valence-corrected chi connectivity index (χ4v) is 2.08. The first-order valence-corrected chi connectivity index (χ1v) is 7.26. The van der Waals surface area contributed by atoms with Crippen molar-refractivity contribution in [2.75, 3.05) is 18.1 Å². The number of esters is 1. The first-order valence-electron chi connectivity index (χ1n) is 7.26. The Morgan fingerprint density at radius 2 is 1.92 bits per heavy atom. The molecule has 0 amide bonds. The number of carbonyl (C=O) groups excluding carboxylic acids is 2. The number of aromatic amines is 1. The van der Waals surface area contributed by atoms with Gasteiger partial charge in [0, 0.05) is 18.9 Å². The molecule has 2 aromatic heterocycles. The van der Waals surface area contributed by atoms with E-state index in [9.17, 15) is 19.2 Å². The topological polar surface area (TPSA) is 176 Å². The number of carbonyl (C=O) groups is 2. The van der Waals surface area contributed by atoms with Gasteiger partial charge in [-0.1, -0.05) is 6.92 Å². The average molecular weight is 348 g/mol. The highest BCUT2D eigenvalue weighted by Crippen LogP contribution is 2.08. The minimum atomic E-state index is -0.976. The monoisotopic (exact) mass is 348 g/mol. The van der Waals surface area contributed by atoms with Gasteiger partial charge in [0.25, 0.3) is 5.56 Å². The Balaban J connectivity index is 2.23. The number of hydrogen-bond donors (Lipinski definition) is 3. The average Bonchev–Trinajstić information content (AvgIpc) is 2.56. The van der Waals surface area contributed by atoms with Crippen LogP contribution >= 0.6 is 0 Å². The van der Waals surface area contributed by atoms with Gasteiger partial charge in [0.1, 0.15) is 11.4 Å². The molecule has 2 rings (SSSR count). The van der Waals surface area contributed by atoms with Crippen LogP contribution in [0, 0.1) is 0 Å². The van der Waals surface area contributed by atoms with Crippen molar-refractivity contribution in [2.45, 2.75) is 19.9 Å². The lowest BCUT2D eigenvalue weighted by atomic mass is 10.2. The number of nitrogens with zero attached hydrogens (tertiary/aromatic N) is 3. The highest BCUT2D eigenvalue weighted by molar-refractivity contribution is 6.02. The Kier molecular flexibility index (Phi) is 5.27. The second-order valence-electron chi connectivity index (χ2n) is 4.96. The number of anilines is 2. The number of rotatable bonds is 6. The van der Waals surface area contributed by atoms with Crippen LogP contribution in [0.2, 0.25) is 0 Å². The molecule has 0 saturated heterocycles. The summed E-state index contributed by atoms with van der Waals surface area (Å²) in [5, 5.41) is 0. The predicted octanol–water partition coefficient (Wildman–Crippen LogP) is -1.06. The maximum absolute atomic E-state index is 12.2. The standard InChI is InChI=1S/C14H16N6O5/c1-2-5-20-11(16)8(12(22)19-14(20)24)7(21)6-25-13(23)9-10(15)18-4-3-17-9/h3-4H,2,5-6,16H2,1H3,(H2,15,18)(H,19,22,24). The van der Waals surface area contributed by atoms with Crippen LogP contribution in [-0.2, 0) is 11.3 Å². The summed E-state index contributed by atoms with van der Waals surface area (Å²) in [6.45, 7) is 1.25. The molecule has 11 nitrogen and oxygen atoms in total. The number of nitrogens with two attached hydrogens (primary N) is 2. The van der Waals surface area contributed by atoms with Gasteiger partial charge in [-0.2, -0.15) is 0 Å². The molecule has 132 valence electrons. The molecule has 5 N–H and O–H groups in total. The van der Waals surface area contributed by atoms with Gasteiger partial charge < -0.3 is 16.2 Å². The predicted molar refractivity (Wildman–Crippen MR) is 87.1 cm³/mol. The molecule has 0 fully saturated rings. The van der Waals surface area contributed by atoms with Crippen LogP contribution in [0.1, 0.15) is 34.2 Å². The van der Waals surface area contributed by atoms with E-state index in [1.165, 1.54) is 12.4 Å². The Labute approximate surface area is 140 Å². The normalized spacial score (nSPS) is 10.4. The lowest BCUT2D eigenvalue weighted by molar-refractivity contribution is 0.0469. The zero-order valence-electron chi connectivity index (χ0n) is 13.3. The zero-order chi connectivity index (χ0) is 18.6. The Morgan fingerprint density at radius 3 is 2.56 bits per heavy atom. The first-order chi connectivity index (χ1) is 11.9. The van der Waals surface area contributed by atoms with E-state index in [0.717, 1.165) is 4.57 Å². The van der Waals surface area contributed by atoms with Crippen LogP contribution in [0.3, 0.4) is 0 Å². The Bertz CT molecular complexity index is 932. The number of ketones is 1. The number of Topliss-reactive ketones (excluding diaryl/α,β-unsaturated/α-hetero) is 1. The number of ether oxygens (including phenoxy) is 1. The van der Waals surface area contributed by atoms with Gasteiger partial charge in [0.05, 0.1) is 0 Å². The maximum atomic E-state index is 12.2. The van der Waals surface area contributed by atoms with Crippen molar-refractivity contribution in [3.63, 3.8) is 0 Å². The summed E-state index contributed by atoms with van der Waals surface area (Å²) in [6, 6.07) is 0. The maximum Gasteiger partial charge on any atom is 0.361 e. The number of nitrogen functional groups attached to an aromatic ring is 2. The van der Waals surface area contributed by atoms with Crippen molar-refractivity contribution in [2.24, 2.45) is 0 Å². The highest BCUT2D eigenvalue weighted by Gasteiger charge is 2.22. The van der Waals surface area contributed by atoms with Crippen LogP contribution in [0.15, 0.2) is 22.0 Å². The van der Waals surface area contributed by atoms with Crippen LogP contribution in [0.5, 0.6) is 0 Å². The number of H-pyrrole nitrogens is 1. The molecule has 0 aromatic carbocycles. The Morgan fingerprint density at radius 1 is 1.24 bits per heavy atom. The summed E-state index contributed by atoms with van der Waals surface area (Å²) < 4.78 is 5.87. The van der Waals surface area contributed by atoms with E-state index in [4.69, 9.17) is 16.2 Å². The SMILES string of the molecule is CCCn1c(N)c(C(=O)COC(=O)c2nccnc2N)c(=O)[nH]c1=O. The molecular weight excluding hydrogens is 332 g/mol. The fraction of sp³-hybridized carbons (Fsp3) is 0.286. The molecule has 0 aliphatic heterocycles. The van der Waals surface area contributed by atoms with Gasteiger partial charge in [-0.25, -0.2) is 19.6 Å². The summed E-state index contributed by atoms with van der Waals surface area (Å²) in [4.78, 5) is 57.1. The molecule has 0 radical (unpaired) electrons. The van der Waals surface area contributed by atoms with Gasteiger partial charge in [-0.15, -0.1) is 0 Å².